The van der Waals surface area contributed by atoms with Gasteiger partial charge in [0.15, 0.2) is 22.8 Å². The van der Waals surface area contributed by atoms with Crippen molar-refractivity contribution in [2.24, 2.45) is 0 Å². The third-order valence-corrected chi connectivity index (χ3v) is 2.74. The van der Waals surface area contributed by atoms with Gasteiger partial charge in [-0.15, -0.1) is 0 Å². The van der Waals surface area contributed by atoms with Crippen LogP contribution in [0, 0.1) is 0 Å². The molecule has 0 atom stereocenters. The molecule has 0 aliphatic carbocycles. The van der Waals surface area contributed by atoms with Gasteiger partial charge in [0.05, 0.1) is 0 Å². The highest BCUT2D eigenvalue weighted by molar-refractivity contribution is 5.87. The number of phenolic OH excluding ortho intramolecular Hbond substituents is 1. The number of aromatic nitrogens is 4. The minimum Gasteiger partial charge on any atom is -0.508 e. The van der Waals surface area contributed by atoms with Gasteiger partial charge < -0.3 is 22.3 Å². The molecule has 3 aromatic rings. The van der Waals surface area contributed by atoms with Crippen molar-refractivity contribution in [2.45, 2.75) is 0 Å². The molecule has 2 heterocycles. The topological polar surface area (TPSA) is 150 Å². The molecule has 3 rings (SSSR count). The van der Waals surface area contributed by atoms with Gasteiger partial charge in [0.25, 0.3) is 0 Å². The van der Waals surface area contributed by atoms with E-state index in [0.29, 0.717) is 16.8 Å². The minimum absolute atomic E-state index is 0.0149. The van der Waals surface area contributed by atoms with E-state index in [0.717, 1.165) is 0 Å². The summed E-state index contributed by atoms with van der Waals surface area (Å²) >= 11 is 0. The van der Waals surface area contributed by atoms with Gasteiger partial charge in [0.1, 0.15) is 11.4 Å². The fraction of sp³-hybridized carbons (Fsp3) is 0. The first-order valence-corrected chi connectivity index (χ1v) is 5.70. The highest BCUT2D eigenvalue weighted by atomic mass is 16.3. The Balaban J connectivity index is 2.26. The number of benzene rings is 1. The number of phenols is 1. The molecule has 0 saturated carbocycles. The standard InChI is InChI=1S/C12H11N7O/c13-9-7(5-1-3-6(20)4-2-5)16-8-10(14)18-12(15)19-11(8)17-9/h1-4,20H,(H6,13,14,15,17,18,19). The second-order valence-corrected chi connectivity index (χ2v) is 4.14. The summed E-state index contributed by atoms with van der Waals surface area (Å²) in [6.07, 6.45) is 0. The molecule has 20 heavy (non-hydrogen) atoms. The summed E-state index contributed by atoms with van der Waals surface area (Å²) in [6, 6.07) is 6.42. The molecule has 1 aromatic carbocycles. The molecule has 0 bridgehead atoms. The maximum Gasteiger partial charge on any atom is 0.224 e. The second-order valence-electron chi connectivity index (χ2n) is 4.14. The molecule has 0 saturated heterocycles. The van der Waals surface area contributed by atoms with Crippen molar-refractivity contribution in [1.82, 2.24) is 19.9 Å². The zero-order valence-corrected chi connectivity index (χ0v) is 10.3. The summed E-state index contributed by atoms with van der Waals surface area (Å²) in [6.45, 7) is 0. The Morgan fingerprint density at radius 2 is 1.50 bits per heavy atom. The lowest BCUT2D eigenvalue weighted by Gasteiger charge is -2.07. The van der Waals surface area contributed by atoms with E-state index >= 15 is 0 Å². The van der Waals surface area contributed by atoms with E-state index in [4.69, 9.17) is 17.2 Å². The van der Waals surface area contributed by atoms with Crippen molar-refractivity contribution in [3.05, 3.63) is 24.3 Å². The van der Waals surface area contributed by atoms with Gasteiger partial charge in [-0.05, 0) is 24.3 Å². The van der Waals surface area contributed by atoms with Crippen LogP contribution in [0.2, 0.25) is 0 Å². The van der Waals surface area contributed by atoms with Crippen LogP contribution in [-0.4, -0.2) is 25.0 Å². The van der Waals surface area contributed by atoms with Crippen molar-refractivity contribution in [1.29, 1.82) is 0 Å². The Labute approximate surface area is 113 Å². The highest BCUT2D eigenvalue weighted by Gasteiger charge is 2.12. The van der Waals surface area contributed by atoms with E-state index in [2.05, 4.69) is 19.9 Å². The van der Waals surface area contributed by atoms with Crippen LogP contribution in [0.4, 0.5) is 17.6 Å². The van der Waals surface area contributed by atoms with E-state index in [9.17, 15) is 5.11 Å². The number of hydrogen-bond acceptors (Lipinski definition) is 8. The number of nitrogens with two attached hydrogens (primary N) is 3. The lowest BCUT2D eigenvalue weighted by atomic mass is 10.1. The van der Waals surface area contributed by atoms with E-state index in [1.807, 2.05) is 0 Å². The van der Waals surface area contributed by atoms with E-state index in [1.54, 1.807) is 12.1 Å². The Morgan fingerprint density at radius 1 is 0.800 bits per heavy atom. The van der Waals surface area contributed by atoms with Crippen molar-refractivity contribution in [2.75, 3.05) is 17.2 Å². The molecule has 0 fully saturated rings. The summed E-state index contributed by atoms with van der Waals surface area (Å²) in [4.78, 5) is 16.3. The molecule has 0 unspecified atom stereocenters. The quantitative estimate of drug-likeness (QED) is 0.499. The van der Waals surface area contributed by atoms with Crippen LogP contribution in [0.15, 0.2) is 24.3 Å². The van der Waals surface area contributed by atoms with Gasteiger partial charge >= 0.3 is 0 Å². The van der Waals surface area contributed by atoms with E-state index in [-0.39, 0.29) is 29.0 Å². The predicted octanol–water partition coefficient (Wildman–Crippen LogP) is 0.539. The van der Waals surface area contributed by atoms with Crippen molar-refractivity contribution < 1.29 is 5.11 Å². The number of anilines is 3. The molecule has 100 valence electrons. The zero-order valence-electron chi connectivity index (χ0n) is 10.3. The maximum atomic E-state index is 9.30. The summed E-state index contributed by atoms with van der Waals surface area (Å²) in [5.41, 5.74) is 18.9. The van der Waals surface area contributed by atoms with Gasteiger partial charge in [-0.3, -0.25) is 0 Å². The summed E-state index contributed by atoms with van der Waals surface area (Å²) in [5, 5.41) is 9.30. The molecular weight excluding hydrogens is 258 g/mol. The fourth-order valence-electron chi connectivity index (χ4n) is 1.83. The molecule has 0 radical (unpaired) electrons. The van der Waals surface area contributed by atoms with E-state index < -0.39 is 0 Å². The van der Waals surface area contributed by atoms with Gasteiger partial charge in [-0.25, -0.2) is 9.97 Å². The number of rotatable bonds is 1. The first kappa shape index (κ1) is 11.9. The molecule has 7 N–H and O–H groups in total. The van der Waals surface area contributed by atoms with Crippen molar-refractivity contribution in [3.8, 4) is 17.0 Å². The molecule has 0 aliphatic rings. The van der Waals surface area contributed by atoms with Crippen LogP contribution in [0.25, 0.3) is 22.4 Å². The zero-order chi connectivity index (χ0) is 14.3. The monoisotopic (exact) mass is 269 g/mol. The summed E-state index contributed by atoms with van der Waals surface area (Å²) in [5.74, 6) is 0.499. The number of nitrogen functional groups attached to an aromatic ring is 3. The smallest absolute Gasteiger partial charge is 0.224 e. The fourth-order valence-corrected chi connectivity index (χ4v) is 1.83. The Morgan fingerprint density at radius 3 is 2.20 bits per heavy atom. The van der Waals surface area contributed by atoms with E-state index in [1.165, 1.54) is 12.1 Å². The van der Waals surface area contributed by atoms with Gasteiger partial charge in [-0.2, -0.15) is 9.97 Å². The van der Waals surface area contributed by atoms with Crippen LogP contribution in [-0.2, 0) is 0 Å². The van der Waals surface area contributed by atoms with Crippen molar-refractivity contribution in [3.63, 3.8) is 0 Å². The molecule has 0 aliphatic heterocycles. The molecule has 0 spiro atoms. The average molecular weight is 269 g/mol. The first-order valence-electron chi connectivity index (χ1n) is 5.70. The molecule has 0 amide bonds. The number of aromatic hydroxyl groups is 1. The minimum atomic E-state index is 0.0149. The number of hydrogen-bond donors (Lipinski definition) is 4. The Hall–Kier alpha value is -3.16. The second kappa shape index (κ2) is 4.19. The largest absolute Gasteiger partial charge is 0.508 e. The number of fused-ring (bicyclic) bond motifs is 1. The van der Waals surface area contributed by atoms with Gasteiger partial charge in [-0.1, -0.05) is 0 Å². The van der Waals surface area contributed by atoms with Gasteiger partial charge in [0.2, 0.25) is 5.95 Å². The molecule has 8 heteroatoms. The Bertz CT molecular complexity index is 801. The summed E-state index contributed by atoms with van der Waals surface area (Å²) < 4.78 is 0. The highest BCUT2D eigenvalue weighted by Crippen LogP contribution is 2.27. The molecule has 2 aromatic heterocycles. The number of nitrogens with zero attached hydrogens (tertiary/aromatic N) is 4. The van der Waals surface area contributed by atoms with Crippen molar-refractivity contribution >= 4 is 28.7 Å². The third kappa shape index (κ3) is 1.88. The summed E-state index contributed by atoms with van der Waals surface area (Å²) in [7, 11) is 0. The van der Waals surface area contributed by atoms with Crippen LogP contribution < -0.4 is 17.2 Å². The van der Waals surface area contributed by atoms with Crippen LogP contribution in [0.5, 0.6) is 5.75 Å². The predicted molar refractivity (Wildman–Crippen MR) is 75.5 cm³/mol. The van der Waals surface area contributed by atoms with Crippen LogP contribution in [0.3, 0.4) is 0 Å². The lowest BCUT2D eigenvalue weighted by molar-refractivity contribution is 0.475. The SMILES string of the molecule is Nc1nc(N)c2nc(-c3ccc(O)cc3)c(N)nc2n1. The first-order chi connectivity index (χ1) is 9.54. The normalized spacial score (nSPS) is 10.8. The maximum absolute atomic E-state index is 9.30. The van der Waals surface area contributed by atoms with Crippen LogP contribution >= 0.6 is 0 Å². The average Bonchev–Trinajstić information content (AvgIpc) is 2.39. The molecular formula is C12H11N7O. The van der Waals surface area contributed by atoms with Crippen LogP contribution in [0.1, 0.15) is 0 Å². The van der Waals surface area contributed by atoms with Gasteiger partial charge in [0, 0.05) is 5.56 Å². The Kier molecular flexibility index (Phi) is 2.50. The molecule has 8 nitrogen and oxygen atoms in total. The lowest BCUT2D eigenvalue weighted by Crippen LogP contribution is -2.06. The third-order valence-electron chi connectivity index (χ3n) is 2.74.